The number of nitrogens with one attached hydrogen (secondary N) is 1. The third-order valence-corrected chi connectivity index (χ3v) is 2.66. The Morgan fingerprint density at radius 1 is 1.22 bits per heavy atom. The van der Waals surface area contributed by atoms with Gasteiger partial charge in [-0.3, -0.25) is 0 Å². The Balaban J connectivity index is 0.00000232. The molecule has 0 unspecified atom stereocenters. The first kappa shape index (κ1) is 21.1. The van der Waals surface area contributed by atoms with Gasteiger partial charge >= 0.3 is 6.09 Å². The molecule has 0 aliphatic carbocycles. The van der Waals surface area contributed by atoms with E-state index in [1.54, 1.807) is 32.0 Å². The summed E-state index contributed by atoms with van der Waals surface area (Å²) < 4.78 is 5.20. The number of carbonyl (C=O) groups excluding carboxylic acids is 1. The van der Waals surface area contributed by atoms with Gasteiger partial charge in [0.05, 0.1) is 16.2 Å². The van der Waals surface area contributed by atoms with E-state index >= 15 is 0 Å². The van der Waals surface area contributed by atoms with Crippen molar-refractivity contribution in [3.63, 3.8) is 0 Å². The summed E-state index contributed by atoms with van der Waals surface area (Å²) >= 11 is 5.94. The molecule has 23 heavy (non-hydrogen) atoms. The minimum absolute atomic E-state index is 0.458. The zero-order chi connectivity index (χ0) is 18.3. The lowest BCUT2D eigenvalue weighted by atomic mass is 10.1. The summed E-state index contributed by atoms with van der Waals surface area (Å²) in [6.45, 7) is 13.0. The fourth-order valence-corrected chi connectivity index (χ4v) is 1.60. The molecule has 0 aromatic heterocycles. The second-order valence-electron chi connectivity index (χ2n) is 6.24. The smallest absolute Gasteiger partial charge is 0.408 e. The van der Waals surface area contributed by atoms with Crippen molar-refractivity contribution in [2.24, 2.45) is 0 Å². The van der Waals surface area contributed by atoms with Crippen molar-refractivity contribution >= 4 is 23.4 Å². The van der Waals surface area contributed by atoms with E-state index in [-0.39, 0.29) is 0 Å². The van der Waals surface area contributed by atoms with Crippen LogP contribution < -0.4 is 11.1 Å². The average molecular weight is 339 g/mol. The monoisotopic (exact) mass is 338 g/mol. The van der Waals surface area contributed by atoms with Gasteiger partial charge in [0.2, 0.25) is 0 Å². The highest BCUT2D eigenvalue weighted by Gasteiger charge is 2.22. The number of hydrogen-bond donors (Lipinski definition) is 2. The number of benzene rings is 1. The first-order valence-corrected chi connectivity index (χ1v) is 7.96. The number of carbonyl (C=O) groups is 1. The Hall–Kier alpha value is -1.86. The Morgan fingerprint density at radius 2 is 1.78 bits per heavy atom. The fourth-order valence-electron chi connectivity index (χ4n) is 1.42. The summed E-state index contributed by atoms with van der Waals surface area (Å²) in [5.74, 6) is 5.94. The van der Waals surface area contributed by atoms with Crippen molar-refractivity contribution in [2.75, 3.05) is 5.73 Å². The van der Waals surface area contributed by atoms with E-state index in [4.69, 9.17) is 22.1 Å². The number of nitrogen functional groups attached to an aromatic ring is 1. The van der Waals surface area contributed by atoms with Gasteiger partial charge in [0.15, 0.2) is 0 Å². The molecule has 0 saturated carbocycles. The summed E-state index contributed by atoms with van der Waals surface area (Å²) in [4.78, 5) is 11.7. The molecule has 0 bridgehead atoms. The first-order chi connectivity index (χ1) is 10.5. The minimum Gasteiger partial charge on any atom is -0.444 e. The molecule has 128 valence electrons. The number of anilines is 1. The van der Waals surface area contributed by atoms with Crippen molar-refractivity contribution < 1.29 is 9.53 Å². The molecule has 1 amide bonds. The summed E-state index contributed by atoms with van der Waals surface area (Å²) in [6, 6.07) is 5.16. The molecule has 0 radical (unpaired) electrons. The van der Waals surface area contributed by atoms with Gasteiger partial charge in [0.25, 0.3) is 0 Å². The van der Waals surface area contributed by atoms with Gasteiger partial charge < -0.3 is 15.8 Å². The molecule has 0 aliphatic rings. The molecule has 1 rings (SSSR count). The standard InChI is InChI=1S/C16H21ClN2O2.C2H6/c1-15(2,3)21-14(20)19-16(4,5)9-8-11-6-7-13(18)12(17)10-11;1-2/h6-7,10H,18H2,1-5H3,(H,19,20);1-2H3. The molecule has 0 aliphatic heterocycles. The van der Waals surface area contributed by atoms with Gasteiger partial charge in [-0.25, -0.2) is 4.79 Å². The topological polar surface area (TPSA) is 64.3 Å². The van der Waals surface area contributed by atoms with Gasteiger partial charge in [-0.15, -0.1) is 0 Å². The predicted octanol–water partition coefficient (Wildman–Crippen LogP) is 4.60. The van der Waals surface area contributed by atoms with E-state index in [2.05, 4.69) is 17.2 Å². The van der Waals surface area contributed by atoms with E-state index < -0.39 is 17.2 Å². The molecule has 0 fully saturated rings. The normalized spacial score (nSPS) is 10.6. The second kappa shape index (κ2) is 8.69. The van der Waals surface area contributed by atoms with Gasteiger partial charge in [0, 0.05) is 5.56 Å². The number of halogens is 1. The van der Waals surface area contributed by atoms with Crippen molar-refractivity contribution in [1.29, 1.82) is 0 Å². The summed E-state index contributed by atoms with van der Waals surface area (Å²) in [5.41, 5.74) is 5.61. The lowest BCUT2D eigenvalue weighted by Gasteiger charge is -2.24. The quantitative estimate of drug-likeness (QED) is 0.580. The van der Waals surface area contributed by atoms with Crippen LogP contribution in [0.15, 0.2) is 18.2 Å². The van der Waals surface area contributed by atoms with Crippen LogP contribution in [0.1, 0.15) is 54.0 Å². The highest BCUT2D eigenvalue weighted by atomic mass is 35.5. The van der Waals surface area contributed by atoms with Crippen molar-refractivity contribution in [3.05, 3.63) is 28.8 Å². The number of rotatable bonds is 1. The van der Waals surface area contributed by atoms with Crippen LogP contribution in [0.3, 0.4) is 0 Å². The Bertz CT molecular complexity index is 593. The third-order valence-electron chi connectivity index (χ3n) is 2.33. The molecule has 5 heteroatoms. The molecule has 0 saturated heterocycles. The van der Waals surface area contributed by atoms with Crippen molar-refractivity contribution in [3.8, 4) is 11.8 Å². The van der Waals surface area contributed by atoms with Gasteiger partial charge in [-0.05, 0) is 52.8 Å². The highest BCUT2D eigenvalue weighted by molar-refractivity contribution is 6.33. The summed E-state index contributed by atoms with van der Waals surface area (Å²) in [5, 5.41) is 3.17. The average Bonchev–Trinajstić information content (AvgIpc) is 2.39. The van der Waals surface area contributed by atoms with Crippen LogP contribution in [0.2, 0.25) is 5.02 Å². The maximum absolute atomic E-state index is 11.7. The van der Waals surface area contributed by atoms with Crippen LogP contribution in [0.25, 0.3) is 0 Å². The Labute approximate surface area is 144 Å². The van der Waals surface area contributed by atoms with Gasteiger partial charge in [-0.1, -0.05) is 37.3 Å². The molecular formula is C18H27ClN2O2. The van der Waals surface area contributed by atoms with Crippen molar-refractivity contribution in [2.45, 2.75) is 59.6 Å². The highest BCUT2D eigenvalue weighted by Crippen LogP contribution is 2.19. The summed E-state index contributed by atoms with van der Waals surface area (Å²) in [7, 11) is 0. The molecule has 0 spiro atoms. The summed E-state index contributed by atoms with van der Waals surface area (Å²) in [6.07, 6.45) is -0.503. The molecular weight excluding hydrogens is 312 g/mol. The van der Waals surface area contributed by atoms with Crippen LogP contribution in [-0.2, 0) is 4.74 Å². The van der Waals surface area contributed by atoms with Crippen LogP contribution in [-0.4, -0.2) is 17.2 Å². The second-order valence-corrected chi connectivity index (χ2v) is 6.65. The lowest BCUT2D eigenvalue weighted by molar-refractivity contribution is 0.0494. The minimum atomic E-state index is -0.726. The van der Waals surface area contributed by atoms with E-state index in [9.17, 15) is 4.79 Å². The molecule has 1 aromatic rings. The molecule has 4 nitrogen and oxygen atoms in total. The number of amides is 1. The van der Waals surface area contributed by atoms with Crippen LogP contribution in [0, 0.1) is 11.8 Å². The van der Waals surface area contributed by atoms with Crippen LogP contribution >= 0.6 is 11.6 Å². The molecule has 3 N–H and O–H groups in total. The van der Waals surface area contributed by atoms with E-state index in [0.29, 0.717) is 10.7 Å². The number of hydrogen-bond acceptors (Lipinski definition) is 3. The van der Waals surface area contributed by atoms with E-state index in [0.717, 1.165) is 5.56 Å². The SMILES string of the molecule is CC.CC(C)(C#Cc1ccc(N)c(Cl)c1)NC(=O)OC(C)(C)C. The largest absolute Gasteiger partial charge is 0.444 e. The first-order valence-electron chi connectivity index (χ1n) is 7.58. The zero-order valence-corrected chi connectivity index (χ0v) is 15.8. The fraction of sp³-hybridized carbons (Fsp3) is 0.500. The zero-order valence-electron chi connectivity index (χ0n) is 15.0. The number of nitrogens with two attached hydrogens (primary N) is 1. The van der Waals surface area contributed by atoms with Gasteiger partial charge in [-0.2, -0.15) is 0 Å². The van der Waals surface area contributed by atoms with E-state index in [1.165, 1.54) is 0 Å². The molecule has 0 atom stereocenters. The Kier molecular flexibility index (Phi) is 7.99. The van der Waals surface area contributed by atoms with Crippen molar-refractivity contribution in [1.82, 2.24) is 5.32 Å². The maximum atomic E-state index is 11.7. The van der Waals surface area contributed by atoms with E-state index in [1.807, 2.05) is 34.6 Å². The molecule has 0 heterocycles. The molecule has 1 aromatic carbocycles. The number of ether oxygens (including phenoxy) is 1. The third kappa shape index (κ3) is 9.00. The predicted molar refractivity (Wildman–Crippen MR) is 97.5 cm³/mol. The Morgan fingerprint density at radius 3 is 2.26 bits per heavy atom. The maximum Gasteiger partial charge on any atom is 0.408 e. The van der Waals surface area contributed by atoms with Gasteiger partial charge in [0.1, 0.15) is 5.60 Å². The van der Waals surface area contributed by atoms with Crippen LogP contribution in [0.4, 0.5) is 10.5 Å². The lowest BCUT2D eigenvalue weighted by Crippen LogP contribution is -2.44. The number of alkyl carbamates (subject to hydrolysis) is 1. The van der Waals surface area contributed by atoms with Crippen LogP contribution in [0.5, 0.6) is 0 Å².